The molecule has 0 aliphatic rings. The molecule has 0 amide bonds. The van der Waals surface area contributed by atoms with Gasteiger partial charge in [0.05, 0.1) is 6.10 Å². The first-order valence-electron chi connectivity index (χ1n) is 5.95. The van der Waals surface area contributed by atoms with Crippen LogP contribution in [0.15, 0.2) is 24.3 Å². The van der Waals surface area contributed by atoms with Crippen LogP contribution in [0.5, 0.6) is 0 Å². The van der Waals surface area contributed by atoms with E-state index in [2.05, 4.69) is 32.9 Å². The molecule has 16 heavy (non-hydrogen) atoms. The third-order valence-corrected chi connectivity index (χ3v) is 2.58. The molecule has 2 unspecified atom stereocenters. The fourth-order valence-corrected chi connectivity index (χ4v) is 1.73. The second-order valence-corrected chi connectivity index (χ2v) is 4.86. The van der Waals surface area contributed by atoms with E-state index in [1.807, 2.05) is 19.1 Å². The monoisotopic (exact) mass is 221 g/mol. The molecule has 1 aromatic carbocycles. The lowest BCUT2D eigenvalue weighted by Crippen LogP contribution is -2.28. The van der Waals surface area contributed by atoms with E-state index in [9.17, 15) is 0 Å². The second-order valence-electron chi connectivity index (χ2n) is 4.86. The maximum absolute atomic E-state index is 6.00. The third kappa shape index (κ3) is 3.62. The Kier molecular flexibility index (Phi) is 4.97. The molecule has 0 spiro atoms. The smallest absolute Gasteiger partial charge is 0.0975 e. The molecule has 1 rings (SSSR count). The Labute approximate surface area is 98.8 Å². The van der Waals surface area contributed by atoms with Gasteiger partial charge in [-0.05, 0) is 30.9 Å². The molecular weight excluding hydrogens is 198 g/mol. The largest absolute Gasteiger partial charge is 0.372 e. The summed E-state index contributed by atoms with van der Waals surface area (Å²) >= 11 is 0. The van der Waals surface area contributed by atoms with Crippen LogP contribution in [0.2, 0.25) is 0 Å². The molecule has 1 aromatic rings. The molecule has 0 saturated heterocycles. The highest BCUT2D eigenvalue weighted by Crippen LogP contribution is 2.24. The van der Waals surface area contributed by atoms with Crippen LogP contribution in [-0.2, 0) is 4.74 Å². The van der Waals surface area contributed by atoms with Gasteiger partial charge in [-0.25, -0.2) is 0 Å². The number of rotatable bonds is 5. The van der Waals surface area contributed by atoms with E-state index < -0.39 is 0 Å². The minimum absolute atomic E-state index is 0.00333. The van der Waals surface area contributed by atoms with E-state index in [0.29, 0.717) is 5.92 Å². The van der Waals surface area contributed by atoms with Gasteiger partial charge in [-0.1, -0.05) is 38.1 Å². The lowest BCUT2D eigenvalue weighted by Gasteiger charge is -2.24. The summed E-state index contributed by atoms with van der Waals surface area (Å²) in [5.41, 5.74) is 8.45. The van der Waals surface area contributed by atoms with Crippen molar-refractivity contribution in [2.24, 2.45) is 11.7 Å². The molecule has 0 fully saturated rings. The fraction of sp³-hybridized carbons (Fsp3) is 0.571. The summed E-state index contributed by atoms with van der Waals surface area (Å²) in [5.74, 6) is 0.533. The molecular formula is C14H23NO. The Morgan fingerprint density at radius 2 is 1.81 bits per heavy atom. The SMILES string of the molecule is Cc1ccccc1C(OCC(C)C)C(C)N. The lowest BCUT2D eigenvalue weighted by atomic mass is 9.99. The number of hydrogen-bond acceptors (Lipinski definition) is 2. The Morgan fingerprint density at radius 3 is 2.31 bits per heavy atom. The Balaban J connectivity index is 2.82. The topological polar surface area (TPSA) is 35.2 Å². The zero-order valence-corrected chi connectivity index (χ0v) is 10.7. The van der Waals surface area contributed by atoms with Gasteiger partial charge in [0.1, 0.15) is 0 Å². The van der Waals surface area contributed by atoms with E-state index in [-0.39, 0.29) is 12.1 Å². The van der Waals surface area contributed by atoms with Gasteiger partial charge in [-0.15, -0.1) is 0 Å². The van der Waals surface area contributed by atoms with Gasteiger partial charge in [0.25, 0.3) is 0 Å². The highest BCUT2D eigenvalue weighted by molar-refractivity contribution is 5.28. The molecule has 0 radical (unpaired) electrons. The van der Waals surface area contributed by atoms with E-state index >= 15 is 0 Å². The molecule has 0 bridgehead atoms. The number of nitrogens with two attached hydrogens (primary N) is 1. The van der Waals surface area contributed by atoms with E-state index in [1.54, 1.807) is 0 Å². The molecule has 2 heteroatoms. The van der Waals surface area contributed by atoms with Crippen LogP contribution in [-0.4, -0.2) is 12.6 Å². The van der Waals surface area contributed by atoms with Crippen molar-refractivity contribution in [1.29, 1.82) is 0 Å². The van der Waals surface area contributed by atoms with Crippen LogP contribution in [0.1, 0.15) is 38.0 Å². The van der Waals surface area contributed by atoms with Crippen LogP contribution in [0.25, 0.3) is 0 Å². The minimum atomic E-state index is 0.00333. The molecule has 0 aliphatic heterocycles. The van der Waals surface area contributed by atoms with E-state index in [0.717, 1.165) is 6.61 Å². The molecule has 2 nitrogen and oxygen atoms in total. The quantitative estimate of drug-likeness (QED) is 0.829. The average Bonchev–Trinajstić information content (AvgIpc) is 2.20. The summed E-state index contributed by atoms with van der Waals surface area (Å²) in [6, 6.07) is 8.29. The maximum atomic E-state index is 6.00. The number of benzene rings is 1. The van der Waals surface area contributed by atoms with Gasteiger partial charge in [0.2, 0.25) is 0 Å². The zero-order chi connectivity index (χ0) is 12.1. The van der Waals surface area contributed by atoms with E-state index in [4.69, 9.17) is 10.5 Å². The zero-order valence-electron chi connectivity index (χ0n) is 10.7. The normalized spacial score (nSPS) is 15.1. The third-order valence-electron chi connectivity index (χ3n) is 2.58. The van der Waals surface area contributed by atoms with Crippen LogP contribution < -0.4 is 5.73 Å². The first-order valence-corrected chi connectivity index (χ1v) is 5.95. The minimum Gasteiger partial charge on any atom is -0.372 e. The van der Waals surface area contributed by atoms with Gasteiger partial charge < -0.3 is 10.5 Å². The fourth-order valence-electron chi connectivity index (χ4n) is 1.73. The highest BCUT2D eigenvalue weighted by atomic mass is 16.5. The van der Waals surface area contributed by atoms with Gasteiger partial charge in [0.15, 0.2) is 0 Å². The van der Waals surface area contributed by atoms with Gasteiger partial charge in [-0.2, -0.15) is 0 Å². The standard InChI is InChI=1S/C14H23NO/c1-10(2)9-16-14(12(4)15)13-8-6-5-7-11(13)3/h5-8,10,12,14H,9,15H2,1-4H3. The Morgan fingerprint density at radius 1 is 1.19 bits per heavy atom. The average molecular weight is 221 g/mol. The van der Waals surface area contributed by atoms with Crippen LogP contribution in [0.3, 0.4) is 0 Å². The predicted molar refractivity (Wildman–Crippen MR) is 68.4 cm³/mol. The first-order chi connectivity index (χ1) is 7.52. The molecule has 0 saturated carbocycles. The van der Waals surface area contributed by atoms with Crippen LogP contribution in [0.4, 0.5) is 0 Å². The van der Waals surface area contributed by atoms with Crippen LogP contribution in [0, 0.1) is 12.8 Å². The summed E-state index contributed by atoms with van der Waals surface area (Å²) in [5, 5.41) is 0. The summed E-state index contributed by atoms with van der Waals surface area (Å²) in [4.78, 5) is 0. The van der Waals surface area contributed by atoms with Crippen molar-refractivity contribution < 1.29 is 4.74 Å². The molecule has 90 valence electrons. The summed E-state index contributed by atoms with van der Waals surface area (Å²) in [6.07, 6.45) is 0.00333. The van der Waals surface area contributed by atoms with Gasteiger partial charge in [0, 0.05) is 12.6 Å². The summed E-state index contributed by atoms with van der Waals surface area (Å²) < 4.78 is 5.91. The lowest BCUT2D eigenvalue weighted by molar-refractivity contribution is 0.0217. The maximum Gasteiger partial charge on any atom is 0.0975 e. The summed E-state index contributed by atoms with van der Waals surface area (Å²) in [6.45, 7) is 9.15. The number of ether oxygens (including phenoxy) is 1. The first kappa shape index (κ1) is 13.2. The molecule has 0 aliphatic carbocycles. The van der Waals surface area contributed by atoms with Gasteiger partial charge >= 0.3 is 0 Å². The molecule has 0 heterocycles. The number of hydrogen-bond donors (Lipinski definition) is 1. The van der Waals surface area contributed by atoms with Crippen molar-refractivity contribution >= 4 is 0 Å². The van der Waals surface area contributed by atoms with Crippen molar-refractivity contribution in [2.45, 2.75) is 39.8 Å². The molecule has 2 N–H and O–H groups in total. The molecule has 2 atom stereocenters. The Hall–Kier alpha value is -0.860. The van der Waals surface area contributed by atoms with Crippen LogP contribution >= 0.6 is 0 Å². The van der Waals surface area contributed by atoms with Crippen molar-refractivity contribution in [3.05, 3.63) is 35.4 Å². The van der Waals surface area contributed by atoms with Gasteiger partial charge in [-0.3, -0.25) is 0 Å². The molecule has 0 aromatic heterocycles. The predicted octanol–water partition coefficient (Wildman–Crippen LogP) is 3.06. The van der Waals surface area contributed by atoms with Crippen molar-refractivity contribution in [1.82, 2.24) is 0 Å². The second kappa shape index (κ2) is 6.02. The van der Waals surface area contributed by atoms with Crippen molar-refractivity contribution in [2.75, 3.05) is 6.61 Å². The summed E-state index contributed by atoms with van der Waals surface area (Å²) in [7, 11) is 0. The van der Waals surface area contributed by atoms with Crippen molar-refractivity contribution in [3.63, 3.8) is 0 Å². The number of aryl methyl sites for hydroxylation is 1. The van der Waals surface area contributed by atoms with Crippen molar-refractivity contribution in [3.8, 4) is 0 Å². The highest BCUT2D eigenvalue weighted by Gasteiger charge is 2.18. The Bertz CT molecular complexity index is 320. The van der Waals surface area contributed by atoms with E-state index in [1.165, 1.54) is 11.1 Å².